The van der Waals surface area contributed by atoms with Gasteiger partial charge in [-0.2, -0.15) is 11.8 Å². The number of nitrogens with one attached hydrogen (secondary N) is 3. The molecule has 0 heterocycles. The van der Waals surface area contributed by atoms with Crippen LogP contribution in [-0.2, 0) is 25.6 Å². The Morgan fingerprint density at radius 3 is 2.08 bits per heavy atom. The third kappa shape index (κ3) is 11.0. The number of carbonyl (C=O) groups excluding carboxylic acids is 3. The van der Waals surface area contributed by atoms with Crippen LogP contribution in [0.4, 0.5) is 0 Å². The molecule has 5 atom stereocenters. The van der Waals surface area contributed by atoms with Gasteiger partial charge in [0.05, 0.1) is 6.04 Å². The van der Waals surface area contributed by atoms with E-state index in [2.05, 4.69) is 16.0 Å². The van der Waals surface area contributed by atoms with Gasteiger partial charge >= 0.3 is 5.97 Å². The number of aliphatic carboxylic acids is 1. The summed E-state index contributed by atoms with van der Waals surface area (Å²) < 4.78 is 0. The van der Waals surface area contributed by atoms with Crippen LogP contribution in [0.15, 0.2) is 30.3 Å². The molecule has 0 fully saturated rings. The van der Waals surface area contributed by atoms with Crippen molar-refractivity contribution in [2.24, 2.45) is 17.6 Å². The van der Waals surface area contributed by atoms with Crippen molar-refractivity contribution in [2.45, 2.75) is 77.5 Å². The lowest BCUT2D eigenvalue weighted by Crippen LogP contribution is -2.59. The fourth-order valence-corrected chi connectivity index (χ4v) is 4.11. The molecule has 6 N–H and O–H groups in total. The molecular formula is C26H42N4O5S. The predicted molar refractivity (Wildman–Crippen MR) is 143 cm³/mol. The SMILES string of the molecule is CCC(C)C(NC(=O)C(N)CCSC)C(=O)NC(Cc1ccccc1)C(=O)NC(CC(C)C)C(=O)O. The highest BCUT2D eigenvalue weighted by Crippen LogP contribution is 2.12. The molecule has 36 heavy (non-hydrogen) atoms. The second kappa shape index (κ2) is 16.2. The molecule has 1 aromatic carbocycles. The molecule has 0 radical (unpaired) electrons. The summed E-state index contributed by atoms with van der Waals surface area (Å²) >= 11 is 1.58. The third-order valence-corrected chi connectivity index (χ3v) is 6.64. The lowest BCUT2D eigenvalue weighted by molar-refractivity contribution is -0.142. The Morgan fingerprint density at radius 2 is 1.56 bits per heavy atom. The van der Waals surface area contributed by atoms with Gasteiger partial charge in [-0.3, -0.25) is 14.4 Å². The van der Waals surface area contributed by atoms with E-state index >= 15 is 0 Å². The van der Waals surface area contributed by atoms with Crippen molar-refractivity contribution in [3.8, 4) is 0 Å². The lowest BCUT2D eigenvalue weighted by atomic mass is 9.96. The first-order valence-electron chi connectivity index (χ1n) is 12.4. The summed E-state index contributed by atoms with van der Waals surface area (Å²) in [4.78, 5) is 50.9. The highest BCUT2D eigenvalue weighted by molar-refractivity contribution is 7.98. The molecule has 0 aliphatic heterocycles. The van der Waals surface area contributed by atoms with Crippen LogP contribution in [0.25, 0.3) is 0 Å². The molecule has 0 aliphatic carbocycles. The highest BCUT2D eigenvalue weighted by Gasteiger charge is 2.32. The van der Waals surface area contributed by atoms with E-state index in [-0.39, 0.29) is 24.7 Å². The largest absolute Gasteiger partial charge is 0.480 e. The van der Waals surface area contributed by atoms with Crippen molar-refractivity contribution >= 4 is 35.5 Å². The van der Waals surface area contributed by atoms with Crippen molar-refractivity contribution in [2.75, 3.05) is 12.0 Å². The summed E-state index contributed by atoms with van der Waals surface area (Å²) in [5.41, 5.74) is 6.79. The minimum Gasteiger partial charge on any atom is -0.480 e. The zero-order valence-electron chi connectivity index (χ0n) is 22.0. The fraction of sp³-hybridized carbons (Fsp3) is 0.615. The van der Waals surface area contributed by atoms with Crippen LogP contribution in [0.5, 0.6) is 0 Å². The molecule has 0 aromatic heterocycles. The van der Waals surface area contributed by atoms with Gasteiger partial charge in [0.15, 0.2) is 0 Å². The van der Waals surface area contributed by atoms with Crippen molar-refractivity contribution in [3.05, 3.63) is 35.9 Å². The van der Waals surface area contributed by atoms with E-state index in [0.717, 1.165) is 11.3 Å². The average Bonchev–Trinajstić information content (AvgIpc) is 2.84. The zero-order valence-corrected chi connectivity index (χ0v) is 22.8. The number of benzene rings is 1. The Labute approximate surface area is 218 Å². The molecule has 3 amide bonds. The molecule has 0 aliphatic rings. The normalized spacial score (nSPS) is 15.3. The maximum atomic E-state index is 13.4. The number of carboxylic acid groups (broad SMARTS) is 1. The van der Waals surface area contributed by atoms with Gasteiger partial charge in [0, 0.05) is 6.42 Å². The number of rotatable bonds is 16. The second-order valence-corrected chi connectivity index (χ2v) is 10.5. The molecule has 1 aromatic rings. The van der Waals surface area contributed by atoms with Crippen LogP contribution >= 0.6 is 11.8 Å². The van der Waals surface area contributed by atoms with Crippen molar-refractivity contribution in [1.29, 1.82) is 0 Å². The number of hydrogen-bond acceptors (Lipinski definition) is 6. The molecular weight excluding hydrogens is 480 g/mol. The van der Waals surface area contributed by atoms with E-state index < -0.39 is 47.9 Å². The Hall–Kier alpha value is -2.59. The number of carbonyl (C=O) groups is 4. The van der Waals surface area contributed by atoms with Gasteiger partial charge in [0.25, 0.3) is 0 Å². The van der Waals surface area contributed by atoms with Crippen LogP contribution in [0.2, 0.25) is 0 Å². The van der Waals surface area contributed by atoms with Crippen molar-refractivity contribution < 1.29 is 24.3 Å². The monoisotopic (exact) mass is 522 g/mol. The zero-order chi connectivity index (χ0) is 27.3. The van der Waals surface area contributed by atoms with E-state index in [1.54, 1.807) is 11.8 Å². The molecule has 5 unspecified atom stereocenters. The maximum absolute atomic E-state index is 13.4. The van der Waals surface area contributed by atoms with E-state index in [1.807, 2.05) is 64.3 Å². The highest BCUT2D eigenvalue weighted by atomic mass is 32.2. The molecule has 0 saturated heterocycles. The van der Waals surface area contributed by atoms with Gasteiger partial charge in [0.2, 0.25) is 17.7 Å². The van der Waals surface area contributed by atoms with Crippen LogP contribution < -0.4 is 21.7 Å². The van der Waals surface area contributed by atoms with Gasteiger partial charge in [-0.15, -0.1) is 0 Å². The topological polar surface area (TPSA) is 151 Å². The minimum atomic E-state index is -1.13. The maximum Gasteiger partial charge on any atom is 0.326 e. The Bertz CT molecular complexity index is 852. The summed E-state index contributed by atoms with van der Waals surface area (Å²) in [6, 6.07) is 5.41. The first-order valence-corrected chi connectivity index (χ1v) is 13.8. The van der Waals surface area contributed by atoms with Crippen LogP contribution in [0, 0.1) is 11.8 Å². The second-order valence-electron chi connectivity index (χ2n) is 9.54. The molecule has 202 valence electrons. The Morgan fingerprint density at radius 1 is 0.944 bits per heavy atom. The third-order valence-electron chi connectivity index (χ3n) is 6.00. The smallest absolute Gasteiger partial charge is 0.326 e. The van der Waals surface area contributed by atoms with Crippen molar-refractivity contribution in [1.82, 2.24) is 16.0 Å². The average molecular weight is 523 g/mol. The minimum absolute atomic E-state index is 0.0499. The van der Waals surface area contributed by atoms with E-state index in [4.69, 9.17) is 5.73 Å². The van der Waals surface area contributed by atoms with Gasteiger partial charge < -0.3 is 26.8 Å². The lowest BCUT2D eigenvalue weighted by Gasteiger charge is -2.28. The Kier molecular flexibility index (Phi) is 14.2. The number of hydrogen-bond donors (Lipinski definition) is 5. The number of nitrogens with two attached hydrogens (primary N) is 1. The van der Waals surface area contributed by atoms with Gasteiger partial charge in [-0.25, -0.2) is 4.79 Å². The molecule has 9 nitrogen and oxygen atoms in total. The molecule has 0 saturated carbocycles. The van der Waals surface area contributed by atoms with Crippen LogP contribution in [0.3, 0.4) is 0 Å². The van der Waals surface area contributed by atoms with E-state index in [9.17, 15) is 24.3 Å². The first-order chi connectivity index (χ1) is 17.0. The van der Waals surface area contributed by atoms with E-state index in [0.29, 0.717) is 12.8 Å². The van der Waals surface area contributed by atoms with E-state index in [1.165, 1.54) is 0 Å². The molecule has 10 heteroatoms. The summed E-state index contributed by atoms with van der Waals surface area (Å²) in [5.74, 6) is -2.10. The van der Waals surface area contributed by atoms with Gasteiger partial charge in [0.1, 0.15) is 18.1 Å². The summed E-state index contributed by atoms with van der Waals surface area (Å²) in [6.45, 7) is 7.49. The molecule has 0 spiro atoms. The first kappa shape index (κ1) is 31.4. The standard InChI is InChI=1S/C26H42N4O5S/c1-6-17(4)22(30-23(31)19(27)12-13-36-5)25(33)28-20(15-18-10-8-7-9-11-18)24(32)29-21(26(34)35)14-16(2)3/h7-11,16-17,19-22H,6,12-15,27H2,1-5H3,(H,28,33)(H,29,32)(H,30,31)(H,34,35). The van der Waals surface area contributed by atoms with Crippen LogP contribution in [0.1, 0.15) is 52.5 Å². The number of amides is 3. The predicted octanol–water partition coefficient (Wildman–Crippen LogP) is 1.94. The summed E-state index contributed by atoms with van der Waals surface area (Å²) in [5, 5.41) is 17.7. The van der Waals surface area contributed by atoms with Gasteiger partial charge in [-0.1, -0.05) is 64.4 Å². The number of carboxylic acids is 1. The molecule has 0 bridgehead atoms. The summed E-state index contributed by atoms with van der Waals surface area (Å²) in [6.07, 6.45) is 3.44. The molecule has 1 rings (SSSR count). The van der Waals surface area contributed by atoms with Gasteiger partial charge in [-0.05, 0) is 42.2 Å². The quantitative estimate of drug-likeness (QED) is 0.223. The number of thioether (sulfide) groups is 1. The summed E-state index contributed by atoms with van der Waals surface area (Å²) in [7, 11) is 0. The van der Waals surface area contributed by atoms with Crippen LogP contribution in [-0.4, -0.2) is 65.0 Å². The van der Waals surface area contributed by atoms with Crippen molar-refractivity contribution in [3.63, 3.8) is 0 Å². The fourth-order valence-electron chi connectivity index (χ4n) is 3.62. The Balaban J connectivity index is 3.12.